The topological polar surface area (TPSA) is 28.2 Å². The highest BCUT2D eigenvalue weighted by atomic mass is 15.1. The fourth-order valence-corrected chi connectivity index (χ4v) is 2.42. The minimum Gasteiger partial charge on any atom is -0.384 e. The highest BCUT2D eigenvalue weighted by Crippen LogP contribution is 2.27. The summed E-state index contributed by atoms with van der Waals surface area (Å²) in [7, 11) is 2.18. The van der Waals surface area contributed by atoms with E-state index in [1.54, 1.807) is 0 Å². The molecule has 0 saturated heterocycles. The molecule has 1 aromatic heterocycles. The van der Waals surface area contributed by atoms with Crippen LogP contribution in [0.15, 0.2) is 18.5 Å². The van der Waals surface area contributed by atoms with Gasteiger partial charge in [-0.1, -0.05) is 12.8 Å². The van der Waals surface area contributed by atoms with Gasteiger partial charge in [0.25, 0.3) is 0 Å². The van der Waals surface area contributed by atoms with Crippen molar-refractivity contribution in [3.63, 3.8) is 0 Å². The zero-order valence-electron chi connectivity index (χ0n) is 10.2. The van der Waals surface area contributed by atoms with Gasteiger partial charge in [-0.15, -0.1) is 0 Å². The summed E-state index contributed by atoms with van der Waals surface area (Å²) in [5, 5.41) is 3.30. The number of nitrogens with zero attached hydrogens (tertiary/aromatic N) is 2. The van der Waals surface area contributed by atoms with Crippen molar-refractivity contribution < 1.29 is 0 Å². The van der Waals surface area contributed by atoms with E-state index in [1.807, 2.05) is 12.4 Å². The van der Waals surface area contributed by atoms with Crippen molar-refractivity contribution in [3.8, 4) is 0 Å². The lowest BCUT2D eigenvalue weighted by molar-refractivity contribution is 0.652. The Morgan fingerprint density at radius 1 is 1.38 bits per heavy atom. The number of aromatic nitrogens is 1. The van der Waals surface area contributed by atoms with Crippen molar-refractivity contribution in [1.29, 1.82) is 0 Å². The maximum atomic E-state index is 4.29. The van der Waals surface area contributed by atoms with E-state index in [2.05, 4.69) is 35.2 Å². The van der Waals surface area contributed by atoms with Gasteiger partial charge in [-0.25, -0.2) is 0 Å². The van der Waals surface area contributed by atoms with Crippen molar-refractivity contribution in [2.45, 2.75) is 38.6 Å². The monoisotopic (exact) mass is 219 g/mol. The SMILES string of the molecule is CCNc1cncc(N(C)C2CCCC2)c1. The third-order valence-electron chi connectivity index (χ3n) is 3.38. The molecule has 0 aliphatic heterocycles. The Labute approximate surface area is 97.9 Å². The van der Waals surface area contributed by atoms with Crippen LogP contribution >= 0.6 is 0 Å². The van der Waals surface area contributed by atoms with Crippen molar-refractivity contribution in [1.82, 2.24) is 4.98 Å². The molecule has 1 aliphatic carbocycles. The van der Waals surface area contributed by atoms with Crippen molar-refractivity contribution in [2.75, 3.05) is 23.8 Å². The lowest BCUT2D eigenvalue weighted by Gasteiger charge is -2.26. The van der Waals surface area contributed by atoms with E-state index in [9.17, 15) is 0 Å². The van der Waals surface area contributed by atoms with Gasteiger partial charge in [0, 0.05) is 19.6 Å². The second kappa shape index (κ2) is 5.19. The maximum absolute atomic E-state index is 4.29. The summed E-state index contributed by atoms with van der Waals surface area (Å²) in [5.41, 5.74) is 2.34. The third kappa shape index (κ3) is 2.46. The van der Waals surface area contributed by atoms with Crippen LogP contribution < -0.4 is 10.2 Å². The molecule has 0 bridgehead atoms. The number of hydrogen-bond donors (Lipinski definition) is 1. The fraction of sp³-hybridized carbons (Fsp3) is 0.615. The summed E-state index contributed by atoms with van der Waals surface area (Å²) in [4.78, 5) is 6.67. The second-order valence-electron chi connectivity index (χ2n) is 4.51. The predicted octanol–water partition coefficient (Wildman–Crippen LogP) is 2.89. The minimum atomic E-state index is 0.707. The van der Waals surface area contributed by atoms with Crippen LogP contribution in [0.5, 0.6) is 0 Å². The average Bonchev–Trinajstić information content (AvgIpc) is 2.82. The first-order chi connectivity index (χ1) is 7.81. The largest absolute Gasteiger partial charge is 0.384 e. The predicted molar refractivity (Wildman–Crippen MR) is 69.1 cm³/mol. The molecule has 16 heavy (non-hydrogen) atoms. The average molecular weight is 219 g/mol. The molecule has 3 heteroatoms. The van der Waals surface area contributed by atoms with Crippen LogP contribution in [-0.4, -0.2) is 24.6 Å². The lowest BCUT2D eigenvalue weighted by Crippen LogP contribution is -2.28. The molecule has 0 unspecified atom stereocenters. The standard InChI is InChI=1S/C13H21N3/c1-3-15-11-8-13(10-14-9-11)16(2)12-6-4-5-7-12/h8-10,12,15H,3-7H2,1-2H3. The van der Waals surface area contributed by atoms with E-state index in [1.165, 1.54) is 31.4 Å². The number of hydrogen-bond acceptors (Lipinski definition) is 3. The van der Waals surface area contributed by atoms with Crippen molar-refractivity contribution in [3.05, 3.63) is 18.5 Å². The van der Waals surface area contributed by atoms with Gasteiger partial charge in [0.1, 0.15) is 0 Å². The van der Waals surface area contributed by atoms with Gasteiger partial charge in [-0.3, -0.25) is 4.98 Å². The molecule has 1 aliphatic rings. The van der Waals surface area contributed by atoms with Gasteiger partial charge in [0.2, 0.25) is 0 Å². The molecule has 88 valence electrons. The lowest BCUT2D eigenvalue weighted by atomic mass is 10.2. The first-order valence-electron chi connectivity index (χ1n) is 6.23. The zero-order valence-corrected chi connectivity index (χ0v) is 10.2. The molecule has 0 atom stereocenters. The van der Waals surface area contributed by atoms with E-state index < -0.39 is 0 Å². The smallest absolute Gasteiger partial charge is 0.0573 e. The molecule has 1 saturated carbocycles. The summed E-state index contributed by atoms with van der Waals surface area (Å²) < 4.78 is 0. The van der Waals surface area contributed by atoms with Crippen LogP contribution in [-0.2, 0) is 0 Å². The van der Waals surface area contributed by atoms with Gasteiger partial charge in [-0.2, -0.15) is 0 Å². The Morgan fingerprint density at radius 2 is 2.12 bits per heavy atom. The van der Waals surface area contributed by atoms with Crippen LogP contribution in [0.4, 0.5) is 11.4 Å². The maximum Gasteiger partial charge on any atom is 0.0573 e. The van der Waals surface area contributed by atoms with E-state index in [0.717, 1.165) is 12.2 Å². The van der Waals surface area contributed by atoms with Crippen molar-refractivity contribution >= 4 is 11.4 Å². The van der Waals surface area contributed by atoms with E-state index in [0.29, 0.717) is 6.04 Å². The fourth-order valence-electron chi connectivity index (χ4n) is 2.42. The molecule has 3 nitrogen and oxygen atoms in total. The van der Waals surface area contributed by atoms with Crippen LogP contribution in [0.2, 0.25) is 0 Å². The highest BCUT2D eigenvalue weighted by molar-refractivity contribution is 5.55. The molecule has 2 rings (SSSR count). The molecule has 0 amide bonds. The van der Waals surface area contributed by atoms with E-state index in [-0.39, 0.29) is 0 Å². The Hall–Kier alpha value is -1.25. The van der Waals surface area contributed by atoms with Crippen LogP contribution in [0.25, 0.3) is 0 Å². The van der Waals surface area contributed by atoms with E-state index in [4.69, 9.17) is 0 Å². The van der Waals surface area contributed by atoms with Crippen LogP contribution in [0, 0.1) is 0 Å². The van der Waals surface area contributed by atoms with Crippen LogP contribution in [0.1, 0.15) is 32.6 Å². The number of rotatable bonds is 4. The molecule has 1 N–H and O–H groups in total. The Balaban J connectivity index is 2.09. The van der Waals surface area contributed by atoms with Gasteiger partial charge in [-0.05, 0) is 25.8 Å². The number of anilines is 2. The summed E-state index contributed by atoms with van der Waals surface area (Å²) in [5.74, 6) is 0. The summed E-state index contributed by atoms with van der Waals surface area (Å²) in [6.07, 6.45) is 9.23. The molecule has 0 radical (unpaired) electrons. The molecule has 1 aromatic rings. The Bertz CT molecular complexity index is 332. The summed E-state index contributed by atoms with van der Waals surface area (Å²) in [6, 6.07) is 2.90. The quantitative estimate of drug-likeness (QED) is 0.844. The molecular formula is C13H21N3. The van der Waals surface area contributed by atoms with Crippen LogP contribution in [0.3, 0.4) is 0 Å². The summed E-state index contributed by atoms with van der Waals surface area (Å²) >= 11 is 0. The molecule has 0 aromatic carbocycles. The molecular weight excluding hydrogens is 198 g/mol. The van der Waals surface area contributed by atoms with Crippen molar-refractivity contribution in [2.24, 2.45) is 0 Å². The van der Waals surface area contributed by atoms with Gasteiger partial charge < -0.3 is 10.2 Å². The molecule has 1 fully saturated rings. The van der Waals surface area contributed by atoms with Gasteiger partial charge in [0.15, 0.2) is 0 Å². The first-order valence-corrected chi connectivity index (χ1v) is 6.23. The Kier molecular flexibility index (Phi) is 3.65. The second-order valence-corrected chi connectivity index (χ2v) is 4.51. The Morgan fingerprint density at radius 3 is 2.81 bits per heavy atom. The van der Waals surface area contributed by atoms with E-state index >= 15 is 0 Å². The summed E-state index contributed by atoms with van der Waals surface area (Å²) in [6.45, 7) is 3.05. The number of pyridine rings is 1. The number of nitrogens with one attached hydrogen (secondary N) is 1. The zero-order chi connectivity index (χ0) is 11.4. The molecule has 1 heterocycles. The first kappa shape index (κ1) is 11.2. The molecule has 0 spiro atoms. The third-order valence-corrected chi connectivity index (χ3v) is 3.38. The normalized spacial score (nSPS) is 16.4. The van der Waals surface area contributed by atoms with Gasteiger partial charge >= 0.3 is 0 Å². The van der Waals surface area contributed by atoms with Gasteiger partial charge in [0.05, 0.1) is 23.8 Å². The minimum absolute atomic E-state index is 0.707. The highest BCUT2D eigenvalue weighted by Gasteiger charge is 2.19.